The number of hydrogen-bond acceptors (Lipinski definition) is 4. The van der Waals surface area contributed by atoms with Crippen LogP contribution in [-0.2, 0) is 7.05 Å². The van der Waals surface area contributed by atoms with Gasteiger partial charge in [0.15, 0.2) is 11.5 Å². The molecule has 2 N–H and O–H groups in total. The third-order valence-electron chi connectivity index (χ3n) is 2.90. The Morgan fingerprint density at radius 2 is 2.00 bits per heavy atom. The van der Waals surface area contributed by atoms with E-state index in [0.29, 0.717) is 16.5 Å². The van der Waals surface area contributed by atoms with E-state index in [1.807, 2.05) is 19.3 Å². The lowest BCUT2D eigenvalue weighted by molar-refractivity contribution is 0.354. The Bertz CT molecular complexity index is 583. The van der Waals surface area contributed by atoms with Crippen molar-refractivity contribution in [1.29, 1.82) is 0 Å². The third kappa shape index (κ3) is 2.67. The van der Waals surface area contributed by atoms with Gasteiger partial charge in [0.1, 0.15) is 0 Å². The second-order valence-electron chi connectivity index (χ2n) is 4.16. The highest BCUT2D eigenvalue weighted by molar-refractivity contribution is 6.32. The van der Waals surface area contributed by atoms with Crippen LogP contribution in [0.1, 0.15) is 17.2 Å². The summed E-state index contributed by atoms with van der Waals surface area (Å²) < 4.78 is 12.2. The van der Waals surface area contributed by atoms with E-state index in [-0.39, 0.29) is 6.04 Å². The molecule has 19 heavy (non-hydrogen) atoms. The summed E-state index contributed by atoms with van der Waals surface area (Å²) in [4.78, 5) is 0. The molecule has 1 unspecified atom stereocenters. The summed E-state index contributed by atoms with van der Waals surface area (Å²) in [6.07, 6.45) is 3.60. The first kappa shape index (κ1) is 13.7. The number of rotatable bonds is 4. The minimum Gasteiger partial charge on any atom is -0.493 e. The summed E-state index contributed by atoms with van der Waals surface area (Å²) in [5.41, 5.74) is 7.96. The van der Waals surface area contributed by atoms with Crippen LogP contribution in [0.15, 0.2) is 24.5 Å². The van der Waals surface area contributed by atoms with Crippen LogP contribution in [0.25, 0.3) is 0 Å². The van der Waals surface area contributed by atoms with Gasteiger partial charge in [-0.2, -0.15) is 5.10 Å². The Morgan fingerprint density at radius 3 is 2.53 bits per heavy atom. The van der Waals surface area contributed by atoms with Crippen molar-refractivity contribution in [3.63, 3.8) is 0 Å². The molecule has 1 aromatic heterocycles. The first-order valence-corrected chi connectivity index (χ1v) is 6.10. The molecule has 0 saturated heterocycles. The van der Waals surface area contributed by atoms with Crippen LogP contribution in [0, 0.1) is 0 Å². The summed E-state index contributed by atoms with van der Waals surface area (Å²) in [5.74, 6) is 1.07. The molecular formula is C13H16ClN3O2. The summed E-state index contributed by atoms with van der Waals surface area (Å²) in [6, 6.07) is 3.29. The molecule has 0 aliphatic carbocycles. The molecule has 0 amide bonds. The molecule has 1 heterocycles. The Hall–Kier alpha value is -1.72. The number of hydrogen-bond donors (Lipinski definition) is 1. The standard InChI is InChI=1S/C13H16ClN3O2/c1-17-7-9(6-16-17)12(15)8-4-10(14)13(19-3)11(5-8)18-2/h4-7,12H,15H2,1-3H3. The van der Waals surface area contributed by atoms with Gasteiger partial charge in [-0.15, -0.1) is 0 Å². The summed E-state index contributed by atoms with van der Waals surface area (Å²) in [5, 5.41) is 4.58. The Kier molecular flexibility index (Phi) is 3.97. The average molecular weight is 282 g/mol. The molecule has 0 radical (unpaired) electrons. The molecule has 0 aliphatic rings. The third-order valence-corrected chi connectivity index (χ3v) is 3.18. The van der Waals surface area contributed by atoms with Crippen LogP contribution in [0.5, 0.6) is 11.5 Å². The van der Waals surface area contributed by atoms with Crippen molar-refractivity contribution in [3.8, 4) is 11.5 Å². The number of aryl methyl sites for hydroxylation is 1. The molecule has 0 aliphatic heterocycles. The topological polar surface area (TPSA) is 62.3 Å². The number of nitrogens with two attached hydrogens (primary N) is 1. The number of halogens is 1. The van der Waals surface area contributed by atoms with Crippen molar-refractivity contribution in [2.24, 2.45) is 12.8 Å². The van der Waals surface area contributed by atoms with Gasteiger partial charge in [0.05, 0.1) is 31.5 Å². The highest BCUT2D eigenvalue weighted by Gasteiger charge is 2.17. The fraction of sp³-hybridized carbons (Fsp3) is 0.308. The molecule has 0 fully saturated rings. The monoisotopic (exact) mass is 281 g/mol. The molecule has 5 nitrogen and oxygen atoms in total. The number of aromatic nitrogens is 2. The highest BCUT2D eigenvalue weighted by atomic mass is 35.5. The van der Waals surface area contributed by atoms with Crippen LogP contribution < -0.4 is 15.2 Å². The lowest BCUT2D eigenvalue weighted by Gasteiger charge is -2.15. The van der Waals surface area contributed by atoms with E-state index >= 15 is 0 Å². The first-order chi connectivity index (χ1) is 9.06. The Balaban J connectivity index is 2.42. The van der Waals surface area contributed by atoms with Crippen LogP contribution in [-0.4, -0.2) is 24.0 Å². The molecular weight excluding hydrogens is 266 g/mol. The van der Waals surface area contributed by atoms with Crippen molar-refractivity contribution >= 4 is 11.6 Å². The van der Waals surface area contributed by atoms with Crippen LogP contribution in [0.2, 0.25) is 5.02 Å². The Morgan fingerprint density at radius 1 is 1.26 bits per heavy atom. The van der Waals surface area contributed by atoms with E-state index in [2.05, 4.69) is 5.10 Å². The second kappa shape index (κ2) is 5.50. The number of nitrogens with zero attached hydrogens (tertiary/aromatic N) is 2. The van der Waals surface area contributed by atoms with E-state index in [0.717, 1.165) is 11.1 Å². The van der Waals surface area contributed by atoms with Gasteiger partial charge in [-0.25, -0.2) is 0 Å². The highest BCUT2D eigenvalue weighted by Crippen LogP contribution is 2.38. The summed E-state index contributed by atoms with van der Waals surface area (Å²) in [6.45, 7) is 0. The summed E-state index contributed by atoms with van der Waals surface area (Å²) >= 11 is 6.17. The summed E-state index contributed by atoms with van der Waals surface area (Å²) in [7, 11) is 4.95. The largest absolute Gasteiger partial charge is 0.493 e. The van der Waals surface area contributed by atoms with Crippen LogP contribution in [0.4, 0.5) is 0 Å². The van der Waals surface area contributed by atoms with Crippen molar-refractivity contribution < 1.29 is 9.47 Å². The maximum Gasteiger partial charge on any atom is 0.179 e. The van der Waals surface area contributed by atoms with E-state index in [1.54, 1.807) is 31.2 Å². The molecule has 0 saturated carbocycles. The molecule has 2 rings (SSSR count). The maximum absolute atomic E-state index is 6.21. The van der Waals surface area contributed by atoms with Gasteiger partial charge in [0.25, 0.3) is 0 Å². The van der Waals surface area contributed by atoms with E-state index < -0.39 is 0 Å². The molecule has 1 aromatic carbocycles. The van der Waals surface area contributed by atoms with Gasteiger partial charge in [0, 0.05) is 18.8 Å². The predicted molar refractivity (Wildman–Crippen MR) is 73.8 cm³/mol. The van der Waals surface area contributed by atoms with E-state index in [4.69, 9.17) is 26.8 Å². The lowest BCUT2D eigenvalue weighted by atomic mass is 10.0. The van der Waals surface area contributed by atoms with Gasteiger partial charge < -0.3 is 15.2 Å². The zero-order chi connectivity index (χ0) is 14.0. The first-order valence-electron chi connectivity index (χ1n) is 5.72. The maximum atomic E-state index is 6.21. The van der Waals surface area contributed by atoms with Crippen molar-refractivity contribution in [3.05, 3.63) is 40.7 Å². The zero-order valence-corrected chi connectivity index (χ0v) is 11.8. The van der Waals surface area contributed by atoms with Gasteiger partial charge in [-0.05, 0) is 17.7 Å². The fourth-order valence-electron chi connectivity index (χ4n) is 1.91. The van der Waals surface area contributed by atoms with Crippen molar-refractivity contribution in [1.82, 2.24) is 9.78 Å². The SMILES string of the molecule is COc1cc(C(N)c2cnn(C)c2)cc(Cl)c1OC. The minimum absolute atomic E-state index is 0.314. The molecule has 0 spiro atoms. The smallest absolute Gasteiger partial charge is 0.179 e. The van der Waals surface area contributed by atoms with Gasteiger partial charge in [0.2, 0.25) is 0 Å². The van der Waals surface area contributed by atoms with Crippen molar-refractivity contribution in [2.45, 2.75) is 6.04 Å². The normalized spacial score (nSPS) is 12.3. The quantitative estimate of drug-likeness (QED) is 0.933. The molecule has 1 atom stereocenters. The number of ether oxygens (including phenoxy) is 2. The molecule has 0 bridgehead atoms. The Labute approximate surface area is 116 Å². The number of methoxy groups -OCH3 is 2. The minimum atomic E-state index is -0.314. The zero-order valence-electron chi connectivity index (χ0n) is 11.1. The molecule has 2 aromatic rings. The van der Waals surface area contributed by atoms with Crippen molar-refractivity contribution in [2.75, 3.05) is 14.2 Å². The second-order valence-corrected chi connectivity index (χ2v) is 4.57. The molecule has 6 heteroatoms. The predicted octanol–water partition coefficient (Wildman–Crippen LogP) is 2.14. The lowest BCUT2D eigenvalue weighted by Crippen LogP contribution is -2.11. The van der Waals surface area contributed by atoms with Crippen LogP contribution in [0.3, 0.4) is 0 Å². The van der Waals surface area contributed by atoms with Crippen LogP contribution >= 0.6 is 11.6 Å². The average Bonchev–Trinajstić information content (AvgIpc) is 2.83. The van der Waals surface area contributed by atoms with Gasteiger partial charge in [-0.3, -0.25) is 4.68 Å². The van der Waals surface area contributed by atoms with Gasteiger partial charge >= 0.3 is 0 Å². The molecule has 102 valence electrons. The van der Waals surface area contributed by atoms with E-state index in [9.17, 15) is 0 Å². The number of benzene rings is 1. The fourth-order valence-corrected chi connectivity index (χ4v) is 2.21. The van der Waals surface area contributed by atoms with Gasteiger partial charge in [-0.1, -0.05) is 11.6 Å². The van der Waals surface area contributed by atoms with E-state index in [1.165, 1.54) is 0 Å².